The highest BCUT2D eigenvalue weighted by Gasteiger charge is 2.13. The molecule has 2 aromatic carbocycles. The molecule has 1 N–H and O–H groups in total. The zero-order valence-corrected chi connectivity index (χ0v) is 13.5. The van der Waals surface area contributed by atoms with Crippen molar-refractivity contribution in [3.63, 3.8) is 0 Å². The quantitative estimate of drug-likeness (QED) is 0.807. The Balaban J connectivity index is 2.24. The number of aryl methyl sites for hydroxylation is 1. The summed E-state index contributed by atoms with van der Waals surface area (Å²) in [4.78, 5) is 12.4. The number of rotatable bonds is 4. The highest BCUT2D eigenvalue weighted by atomic mass is 127. The van der Waals surface area contributed by atoms with Gasteiger partial charge < -0.3 is 10.1 Å². The lowest BCUT2D eigenvalue weighted by Crippen LogP contribution is -2.14. The van der Waals surface area contributed by atoms with E-state index in [0.717, 1.165) is 9.13 Å². The van der Waals surface area contributed by atoms with Gasteiger partial charge in [0.15, 0.2) is 6.61 Å². The molecule has 106 valence electrons. The minimum Gasteiger partial charge on any atom is -0.477 e. The molecule has 2 aromatic rings. The summed E-state index contributed by atoms with van der Waals surface area (Å²) in [5.41, 5.74) is 2.22. The van der Waals surface area contributed by atoms with Gasteiger partial charge in [-0.25, -0.2) is 0 Å². The largest absolute Gasteiger partial charge is 0.477 e. The van der Waals surface area contributed by atoms with Crippen LogP contribution >= 0.6 is 22.6 Å². The molecule has 0 saturated heterocycles. The Kier molecular flexibility index (Phi) is 5.17. The molecule has 0 aliphatic rings. The number of amides is 1. The number of halogens is 1. The van der Waals surface area contributed by atoms with Crippen LogP contribution in [0.15, 0.2) is 42.5 Å². The second-order valence-corrected chi connectivity index (χ2v) is 5.41. The molecule has 0 aromatic heterocycles. The van der Waals surface area contributed by atoms with Crippen LogP contribution < -0.4 is 10.1 Å². The summed E-state index contributed by atoms with van der Waals surface area (Å²) < 4.78 is 6.22. The van der Waals surface area contributed by atoms with Gasteiger partial charge in [0, 0.05) is 3.57 Å². The van der Waals surface area contributed by atoms with Gasteiger partial charge in [0.25, 0.3) is 5.91 Å². The van der Waals surface area contributed by atoms with Crippen LogP contribution in [-0.2, 0) is 0 Å². The van der Waals surface area contributed by atoms with E-state index >= 15 is 0 Å². The molecule has 2 rings (SSSR count). The van der Waals surface area contributed by atoms with Crippen molar-refractivity contribution in [3.8, 4) is 11.8 Å². The van der Waals surface area contributed by atoms with Gasteiger partial charge in [0.05, 0.1) is 11.3 Å². The molecular weight excluding hydrogens is 379 g/mol. The third-order valence-corrected chi connectivity index (χ3v) is 4.30. The monoisotopic (exact) mass is 392 g/mol. The third-order valence-electron chi connectivity index (χ3n) is 2.86. The number of benzene rings is 2. The molecule has 0 aliphatic heterocycles. The highest BCUT2D eigenvalue weighted by Crippen LogP contribution is 2.25. The van der Waals surface area contributed by atoms with Gasteiger partial charge in [-0.15, -0.1) is 0 Å². The maximum atomic E-state index is 12.4. The molecule has 0 saturated carbocycles. The standard InChI is InChI=1S/C16H13IN2O2/c1-11-5-4-6-12(15(11)17)16(20)19-13-7-2-3-8-14(13)21-10-9-18/h2-8H,10H2,1H3,(H,19,20). The van der Waals surface area contributed by atoms with Gasteiger partial charge in [-0.3, -0.25) is 4.79 Å². The van der Waals surface area contributed by atoms with E-state index in [4.69, 9.17) is 10.00 Å². The van der Waals surface area contributed by atoms with Crippen LogP contribution in [0.3, 0.4) is 0 Å². The van der Waals surface area contributed by atoms with Crippen molar-refractivity contribution in [2.24, 2.45) is 0 Å². The number of carbonyl (C=O) groups excluding carboxylic acids is 1. The molecule has 0 unspecified atom stereocenters. The molecule has 0 atom stereocenters. The fourth-order valence-electron chi connectivity index (χ4n) is 1.82. The van der Waals surface area contributed by atoms with Crippen LogP contribution in [0, 0.1) is 21.8 Å². The predicted octanol–water partition coefficient (Wildman–Crippen LogP) is 3.75. The number of carbonyl (C=O) groups is 1. The van der Waals surface area contributed by atoms with Crippen molar-refractivity contribution in [1.82, 2.24) is 0 Å². The average molecular weight is 392 g/mol. The first kappa shape index (κ1) is 15.3. The molecule has 0 spiro atoms. The number of nitriles is 1. The Morgan fingerprint density at radius 2 is 2.05 bits per heavy atom. The Morgan fingerprint density at radius 1 is 1.29 bits per heavy atom. The first-order chi connectivity index (χ1) is 10.1. The van der Waals surface area contributed by atoms with E-state index < -0.39 is 0 Å². The van der Waals surface area contributed by atoms with Crippen molar-refractivity contribution >= 4 is 34.2 Å². The van der Waals surface area contributed by atoms with Crippen LogP contribution in [0.4, 0.5) is 5.69 Å². The normalized spacial score (nSPS) is 9.76. The van der Waals surface area contributed by atoms with Crippen LogP contribution in [0.2, 0.25) is 0 Å². The Labute approximate surface area is 136 Å². The molecule has 0 fully saturated rings. The summed E-state index contributed by atoms with van der Waals surface area (Å²) in [5, 5.41) is 11.4. The number of nitrogens with one attached hydrogen (secondary N) is 1. The fraction of sp³-hybridized carbons (Fsp3) is 0.125. The average Bonchev–Trinajstić information content (AvgIpc) is 2.49. The fourth-order valence-corrected chi connectivity index (χ4v) is 2.42. The van der Waals surface area contributed by atoms with Crippen molar-refractivity contribution < 1.29 is 9.53 Å². The summed E-state index contributed by atoms with van der Waals surface area (Å²) in [5.74, 6) is 0.283. The lowest BCUT2D eigenvalue weighted by Gasteiger charge is -2.12. The van der Waals surface area contributed by atoms with Gasteiger partial charge in [-0.1, -0.05) is 24.3 Å². The summed E-state index contributed by atoms with van der Waals surface area (Å²) in [6, 6.07) is 14.6. The maximum absolute atomic E-state index is 12.4. The number of ether oxygens (including phenoxy) is 1. The summed E-state index contributed by atoms with van der Waals surface area (Å²) in [7, 11) is 0. The molecule has 21 heavy (non-hydrogen) atoms. The molecule has 5 heteroatoms. The van der Waals surface area contributed by atoms with Gasteiger partial charge in [-0.2, -0.15) is 5.26 Å². The predicted molar refractivity (Wildman–Crippen MR) is 89.4 cm³/mol. The number of hydrogen-bond donors (Lipinski definition) is 1. The molecule has 0 aliphatic carbocycles. The van der Waals surface area contributed by atoms with E-state index in [9.17, 15) is 4.79 Å². The van der Waals surface area contributed by atoms with E-state index in [1.165, 1.54) is 0 Å². The Bertz CT molecular complexity index is 708. The minimum atomic E-state index is -0.198. The zero-order chi connectivity index (χ0) is 15.2. The number of para-hydroxylation sites is 2. The van der Waals surface area contributed by atoms with Gasteiger partial charge in [0.2, 0.25) is 0 Å². The topological polar surface area (TPSA) is 62.1 Å². The molecule has 0 bridgehead atoms. The number of nitrogens with zero attached hydrogens (tertiary/aromatic N) is 1. The Morgan fingerprint density at radius 3 is 2.81 bits per heavy atom. The van der Waals surface area contributed by atoms with E-state index in [2.05, 4.69) is 27.9 Å². The maximum Gasteiger partial charge on any atom is 0.256 e. The number of anilines is 1. The molecule has 0 heterocycles. The van der Waals surface area contributed by atoms with Crippen molar-refractivity contribution in [2.45, 2.75) is 6.92 Å². The van der Waals surface area contributed by atoms with E-state index in [1.807, 2.05) is 25.1 Å². The SMILES string of the molecule is Cc1cccc(C(=O)Nc2ccccc2OCC#N)c1I. The Hall–Kier alpha value is -2.07. The summed E-state index contributed by atoms with van der Waals surface area (Å²) >= 11 is 2.16. The van der Waals surface area contributed by atoms with Crippen molar-refractivity contribution in [1.29, 1.82) is 5.26 Å². The van der Waals surface area contributed by atoms with E-state index in [-0.39, 0.29) is 12.5 Å². The lowest BCUT2D eigenvalue weighted by molar-refractivity contribution is 0.102. The van der Waals surface area contributed by atoms with Gasteiger partial charge >= 0.3 is 0 Å². The second kappa shape index (κ2) is 7.09. The molecular formula is C16H13IN2O2. The second-order valence-electron chi connectivity index (χ2n) is 4.33. The van der Waals surface area contributed by atoms with Crippen LogP contribution in [0.5, 0.6) is 5.75 Å². The first-order valence-electron chi connectivity index (χ1n) is 6.28. The van der Waals surface area contributed by atoms with Gasteiger partial charge in [-0.05, 0) is 53.3 Å². The molecule has 1 amide bonds. The van der Waals surface area contributed by atoms with Crippen LogP contribution in [0.25, 0.3) is 0 Å². The lowest BCUT2D eigenvalue weighted by atomic mass is 10.1. The van der Waals surface area contributed by atoms with E-state index in [1.54, 1.807) is 30.3 Å². The number of hydrogen-bond acceptors (Lipinski definition) is 3. The minimum absolute atomic E-state index is 0.0607. The summed E-state index contributed by atoms with van der Waals surface area (Å²) in [6.45, 7) is 1.90. The smallest absolute Gasteiger partial charge is 0.256 e. The third kappa shape index (κ3) is 3.73. The van der Waals surface area contributed by atoms with Crippen LogP contribution in [0.1, 0.15) is 15.9 Å². The zero-order valence-electron chi connectivity index (χ0n) is 11.4. The van der Waals surface area contributed by atoms with Gasteiger partial charge in [0.1, 0.15) is 11.8 Å². The van der Waals surface area contributed by atoms with Crippen LogP contribution in [-0.4, -0.2) is 12.5 Å². The summed E-state index contributed by atoms with van der Waals surface area (Å²) in [6.07, 6.45) is 0. The highest BCUT2D eigenvalue weighted by molar-refractivity contribution is 14.1. The first-order valence-corrected chi connectivity index (χ1v) is 7.36. The van der Waals surface area contributed by atoms with E-state index in [0.29, 0.717) is 17.0 Å². The van der Waals surface area contributed by atoms with Crippen molar-refractivity contribution in [3.05, 3.63) is 57.2 Å². The molecule has 4 nitrogen and oxygen atoms in total. The molecule has 0 radical (unpaired) electrons. The van der Waals surface area contributed by atoms with Crippen molar-refractivity contribution in [2.75, 3.05) is 11.9 Å².